The normalized spacial score (nSPS) is 15.5. The molecule has 0 fully saturated rings. The number of Topliss-reactive ketones (excluding diaryl/α,β-unsaturated/α-hetero) is 1. The van der Waals surface area contributed by atoms with E-state index in [2.05, 4.69) is 0 Å². The van der Waals surface area contributed by atoms with Crippen molar-refractivity contribution in [1.29, 1.82) is 0 Å². The fourth-order valence-electron chi connectivity index (χ4n) is 2.98. The molecule has 0 heterocycles. The van der Waals surface area contributed by atoms with E-state index in [0.29, 0.717) is 5.75 Å². The first-order chi connectivity index (χ1) is 11.6. The molecule has 0 saturated carbocycles. The highest BCUT2D eigenvalue weighted by Gasteiger charge is 2.21. The summed E-state index contributed by atoms with van der Waals surface area (Å²) in [6.45, 7) is 3.96. The molecule has 0 bridgehead atoms. The maximum Gasteiger partial charge on any atom is 0.189 e. The molecule has 2 aromatic carbocycles. The van der Waals surface area contributed by atoms with Gasteiger partial charge in [0.15, 0.2) is 17.3 Å². The lowest BCUT2D eigenvalue weighted by Gasteiger charge is -2.17. The smallest absolute Gasteiger partial charge is 0.189 e. The number of carbonyl (C=O) groups is 1. The molecule has 0 radical (unpaired) electrons. The molecule has 2 aromatic rings. The predicted octanol–water partition coefficient (Wildman–Crippen LogP) is 4.69. The summed E-state index contributed by atoms with van der Waals surface area (Å²) < 4.78 is 11.2. The molecule has 0 amide bonds. The Bertz CT molecular complexity index is 787. The number of allylic oxidation sites excluding steroid dienone is 1. The van der Waals surface area contributed by atoms with Crippen LogP contribution in [0.1, 0.15) is 41.8 Å². The number of fused-ring (bicyclic) bond motifs is 1. The van der Waals surface area contributed by atoms with Gasteiger partial charge in [-0.25, -0.2) is 0 Å². The van der Waals surface area contributed by atoms with Gasteiger partial charge in [0, 0.05) is 11.1 Å². The van der Waals surface area contributed by atoms with E-state index in [0.717, 1.165) is 40.9 Å². The van der Waals surface area contributed by atoms with Crippen molar-refractivity contribution in [2.45, 2.75) is 32.8 Å². The van der Waals surface area contributed by atoms with E-state index in [-0.39, 0.29) is 11.9 Å². The summed E-state index contributed by atoms with van der Waals surface area (Å²) in [5.41, 5.74) is 3.75. The minimum absolute atomic E-state index is 0.0829. The van der Waals surface area contributed by atoms with Gasteiger partial charge in [-0.1, -0.05) is 30.3 Å². The second kappa shape index (κ2) is 6.91. The molecular formula is C21H22O3. The van der Waals surface area contributed by atoms with Crippen LogP contribution in [-0.4, -0.2) is 19.0 Å². The maximum absolute atomic E-state index is 12.7. The molecule has 0 unspecified atom stereocenters. The average Bonchev–Trinajstić information content (AvgIpc) is 2.58. The fraction of sp³-hybridized carbons (Fsp3) is 0.286. The van der Waals surface area contributed by atoms with Crippen LogP contribution >= 0.6 is 0 Å². The molecular weight excluding hydrogens is 300 g/mol. The van der Waals surface area contributed by atoms with Gasteiger partial charge in [0.1, 0.15) is 0 Å². The summed E-state index contributed by atoms with van der Waals surface area (Å²) in [5.74, 6) is 1.52. The number of benzene rings is 2. The van der Waals surface area contributed by atoms with Crippen LogP contribution in [0.4, 0.5) is 0 Å². The Morgan fingerprint density at radius 3 is 2.58 bits per heavy atom. The molecule has 1 aliphatic rings. The van der Waals surface area contributed by atoms with Crippen molar-refractivity contribution in [2.24, 2.45) is 0 Å². The molecule has 1 aliphatic carbocycles. The monoisotopic (exact) mass is 322 g/mol. The van der Waals surface area contributed by atoms with Crippen molar-refractivity contribution >= 4 is 11.9 Å². The molecule has 124 valence electrons. The van der Waals surface area contributed by atoms with Gasteiger partial charge in [-0.05, 0) is 56.0 Å². The zero-order valence-corrected chi connectivity index (χ0v) is 14.3. The number of methoxy groups -OCH3 is 1. The fourth-order valence-corrected chi connectivity index (χ4v) is 2.98. The SMILES string of the molecule is COc1cc(C=C2CCc3ccccc3C2=O)ccc1OC(C)C. The molecule has 3 heteroatoms. The van der Waals surface area contributed by atoms with E-state index < -0.39 is 0 Å². The van der Waals surface area contributed by atoms with Crippen LogP contribution in [0.25, 0.3) is 6.08 Å². The quantitative estimate of drug-likeness (QED) is 0.766. The molecule has 0 spiro atoms. The Morgan fingerprint density at radius 2 is 1.83 bits per heavy atom. The predicted molar refractivity (Wildman–Crippen MR) is 95.8 cm³/mol. The summed E-state index contributed by atoms with van der Waals surface area (Å²) in [7, 11) is 1.63. The maximum atomic E-state index is 12.7. The Kier molecular flexibility index (Phi) is 4.70. The number of ether oxygens (including phenoxy) is 2. The van der Waals surface area contributed by atoms with Crippen molar-refractivity contribution < 1.29 is 14.3 Å². The van der Waals surface area contributed by atoms with Crippen LogP contribution in [-0.2, 0) is 6.42 Å². The van der Waals surface area contributed by atoms with Crippen LogP contribution in [0, 0.1) is 0 Å². The van der Waals surface area contributed by atoms with Crippen molar-refractivity contribution in [3.05, 3.63) is 64.7 Å². The van der Waals surface area contributed by atoms with E-state index in [9.17, 15) is 4.79 Å². The van der Waals surface area contributed by atoms with Gasteiger partial charge in [0.05, 0.1) is 13.2 Å². The largest absolute Gasteiger partial charge is 0.493 e. The highest BCUT2D eigenvalue weighted by Crippen LogP contribution is 2.31. The summed E-state index contributed by atoms with van der Waals surface area (Å²) in [4.78, 5) is 12.7. The molecule has 0 N–H and O–H groups in total. The van der Waals surface area contributed by atoms with Gasteiger partial charge in [-0.15, -0.1) is 0 Å². The zero-order chi connectivity index (χ0) is 17.1. The standard InChI is InChI=1S/C21H22O3/c1-14(2)24-19-11-8-15(13-20(19)23-3)12-17-10-9-16-6-4-5-7-18(16)21(17)22/h4-8,11-14H,9-10H2,1-3H3. The Morgan fingerprint density at radius 1 is 1.04 bits per heavy atom. The first-order valence-electron chi connectivity index (χ1n) is 8.26. The Balaban J connectivity index is 1.90. The molecule has 3 nitrogen and oxygen atoms in total. The van der Waals surface area contributed by atoms with E-state index in [1.165, 1.54) is 0 Å². The third-order valence-electron chi connectivity index (χ3n) is 4.11. The van der Waals surface area contributed by atoms with Crippen LogP contribution in [0.15, 0.2) is 48.0 Å². The minimum atomic E-state index is 0.0829. The number of rotatable bonds is 4. The lowest BCUT2D eigenvalue weighted by atomic mass is 9.86. The van der Waals surface area contributed by atoms with Gasteiger partial charge in [-0.3, -0.25) is 4.79 Å². The van der Waals surface area contributed by atoms with Crippen LogP contribution < -0.4 is 9.47 Å². The van der Waals surface area contributed by atoms with Crippen LogP contribution in [0.5, 0.6) is 11.5 Å². The lowest BCUT2D eigenvalue weighted by molar-refractivity contribution is 0.102. The van der Waals surface area contributed by atoms with Crippen LogP contribution in [0.3, 0.4) is 0 Å². The topological polar surface area (TPSA) is 35.5 Å². The molecule has 3 rings (SSSR count). The van der Waals surface area contributed by atoms with Gasteiger partial charge in [-0.2, -0.15) is 0 Å². The van der Waals surface area contributed by atoms with Crippen molar-refractivity contribution in [3.8, 4) is 11.5 Å². The third-order valence-corrected chi connectivity index (χ3v) is 4.11. The summed E-state index contributed by atoms with van der Waals surface area (Å²) >= 11 is 0. The second-order valence-corrected chi connectivity index (χ2v) is 6.23. The number of ketones is 1. The molecule has 0 atom stereocenters. The van der Waals surface area contributed by atoms with Gasteiger partial charge in [0.25, 0.3) is 0 Å². The third kappa shape index (κ3) is 3.35. The second-order valence-electron chi connectivity index (χ2n) is 6.23. The number of aryl methyl sites for hydroxylation is 1. The van der Waals surface area contributed by atoms with Gasteiger partial charge >= 0.3 is 0 Å². The number of carbonyl (C=O) groups excluding carboxylic acids is 1. The van der Waals surface area contributed by atoms with E-state index >= 15 is 0 Å². The average molecular weight is 322 g/mol. The molecule has 0 aliphatic heterocycles. The van der Waals surface area contributed by atoms with Crippen molar-refractivity contribution in [1.82, 2.24) is 0 Å². The Hall–Kier alpha value is -2.55. The highest BCUT2D eigenvalue weighted by molar-refractivity contribution is 6.13. The van der Waals surface area contributed by atoms with Gasteiger partial charge in [0.2, 0.25) is 0 Å². The molecule has 0 aromatic heterocycles. The first kappa shape index (κ1) is 16.3. The summed E-state index contributed by atoms with van der Waals surface area (Å²) in [5, 5.41) is 0. The lowest BCUT2D eigenvalue weighted by Crippen LogP contribution is -2.13. The molecule has 24 heavy (non-hydrogen) atoms. The zero-order valence-electron chi connectivity index (χ0n) is 14.3. The van der Waals surface area contributed by atoms with Crippen molar-refractivity contribution in [3.63, 3.8) is 0 Å². The summed E-state index contributed by atoms with van der Waals surface area (Å²) in [6, 6.07) is 13.6. The van der Waals surface area contributed by atoms with E-state index in [1.54, 1.807) is 7.11 Å². The van der Waals surface area contributed by atoms with E-state index in [1.807, 2.05) is 62.4 Å². The Labute approximate surface area is 142 Å². The van der Waals surface area contributed by atoms with Crippen molar-refractivity contribution in [2.75, 3.05) is 7.11 Å². The first-order valence-corrected chi connectivity index (χ1v) is 8.26. The molecule has 0 saturated heterocycles. The number of hydrogen-bond donors (Lipinski definition) is 0. The van der Waals surface area contributed by atoms with Crippen LogP contribution in [0.2, 0.25) is 0 Å². The van der Waals surface area contributed by atoms with Gasteiger partial charge < -0.3 is 9.47 Å². The number of hydrogen-bond acceptors (Lipinski definition) is 3. The van der Waals surface area contributed by atoms with E-state index in [4.69, 9.17) is 9.47 Å². The minimum Gasteiger partial charge on any atom is -0.493 e. The summed E-state index contributed by atoms with van der Waals surface area (Å²) in [6.07, 6.45) is 3.71. The highest BCUT2D eigenvalue weighted by atomic mass is 16.5.